The van der Waals surface area contributed by atoms with E-state index in [1.165, 1.54) is 0 Å². The Morgan fingerprint density at radius 1 is 0.846 bits per heavy atom. The SMILES string of the molecule is Nc1nc(Cc2ccccc2)c2nc(-c3cc(Cl)ccc3N)ccc2n1. The predicted octanol–water partition coefficient (Wildman–Crippen LogP) is 4.10. The van der Waals surface area contributed by atoms with Gasteiger partial charge >= 0.3 is 0 Å². The fourth-order valence-corrected chi connectivity index (χ4v) is 3.08. The van der Waals surface area contributed by atoms with Gasteiger partial charge in [0.05, 0.1) is 16.9 Å². The zero-order valence-electron chi connectivity index (χ0n) is 13.9. The van der Waals surface area contributed by atoms with E-state index in [0.29, 0.717) is 28.2 Å². The van der Waals surface area contributed by atoms with Crippen molar-refractivity contribution in [2.45, 2.75) is 6.42 Å². The van der Waals surface area contributed by atoms with Gasteiger partial charge in [-0.3, -0.25) is 0 Å². The van der Waals surface area contributed by atoms with E-state index in [9.17, 15) is 0 Å². The van der Waals surface area contributed by atoms with Gasteiger partial charge in [-0.15, -0.1) is 0 Å². The molecule has 0 fully saturated rings. The highest BCUT2D eigenvalue weighted by Crippen LogP contribution is 2.29. The first-order valence-corrected chi connectivity index (χ1v) is 8.50. The number of nitrogens with two attached hydrogens (primary N) is 2. The maximum absolute atomic E-state index is 6.12. The fraction of sp³-hybridized carbons (Fsp3) is 0.0500. The van der Waals surface area contributed by atoms with Crippen LogP contribution in [0.2, 0.25) is 5.02 Å². The van der Waals surface area contributed by atoms with E-state index >= 15 is 0 Å². The summed E-state index contributed by atoms with van der Waals surface area (Å²) in [6.45, 7) is 0. The van der Waals surface area contributed by atoms with Crippen LogP contribution in [0.15, 0.2) is 60.7 Å². The van der Waals surface area contributed by atoms with Crippen molar-refractivity contribution in [2.24, 2.45) is 0 Å². The largest absolute Gasteiger partial charge is 0.398 e. The Morgan fingerprint density at radius 2 is 1.65 bits per heavy atom. The van der Waals surface area contributed by atoms with Gasteiger partial charge in [-0.1, -0.05) is 41.9 Å². The molecule has 0 atom stereocenters. The van der Waals surface area contributed by atoms with Crippen molar-refractivity contribution in [2.75, 3.05) is 11.5 Å². The van der Waals surface area contributed by atoms with Crippen molar-refractivity contribution >= 4 is 34.3 Å². The Labute approximate surface area is 155 Å². The fourth-order valence-electron chi connectivity index (χ4n) is 2.91. The summed E-state index contributed by atoms with van der Waals surface area (Å²) < 4.78 is 0. The lowest BCUT2D eigenvalue weighted by Crippen LogP contribution is -2.04. The molecule has 2 heterocycles. The zero-order valence-corrected chi connectivity index (χ0v) is 14.6. The van der Waals surface area contributed by atoms with Gasteiger partial charge in [-0.05, 0) is 35.9 Å². The van der Waals surface area contributed by atoms with Gasteiger partial charge in [0.15, 0.2) is 0 Å². The quantitative estimate of drug-likeness (QED) is 0.536. The molecular formula is C20H16ClN5. The monoisotopic (exact) mass is 361 g/mol. The molecule has 26 heavy (non-hydrogen) atoms. The number of fused-ring (bicyclic) bond motifs is 1. The van der Waals surface area contributed by atoms with E-state index in [1.807, 2.05) is 42.5 Å². The summed E-state index contributed by atoms with van der Waals surface area (Å²) in [6, 6.07) is 19.1. The number of pyridine rings is 1. The average Bonchev–Trinajstić information content (AvgIpc) is 2.64. The van der Waals surface area contributed by atoms with Gasteiger partial charge in [0.25, 0.3) is 0 Å². The molecule has 5 nitrogen and oxygen atoms in total. The van der Waals surface area contributed by atoms with E-state index in [0.717, 1.165) is 22.5 Å². The highest BCUT2D eigenvalue weighted by atomic mass is 35.5. The normalized spacial score (nSPS) is 11.0. The molecule has 0 aliphatic carbocycles. The number of halogens is 1. The maximum atomic E-state index is 6.12. The third-order valence-corrected chi connectivity index (χ3v) is 4.37. The molecular weight excluding hydrogens is 346 g/mol. The second-order valence-electron chi connectivity index (χ2n) is 5.99. The van der Waals surface area contributed by atoms with Gasteiger partial charge in [0.2, 0.25) is 5.95 Å². The van der Waals surface area contributed by atoms with Crippen molar-refractivity contribution in [1.29, 1.82) is 0 Å². The summed E-state index contributed by atoms with van der Waals surface area (Å²) in [5.74, 6) is 0.236. The molecule has 0 saturated heterocycles. The second-order valence-corrected chi connectivity index (χ2v) is 6.42. The van der Waals surface area contributed by atoms with Gasteiger partial charge in [-0.2, -0.15) is 0 Å². The van der Waals surface area contributed by atoms with E-state index in [-0.39, 0.29) is 5.95 Å². The molecule has 0 saturated carbocycles. The van der Waals surface area contributed by atoms with Crippen LogP contribution in [0.25, 0.3) is 22.3 Å². The summed E-state index contributed by atoms with van der Waals surface area (Å²) in [5.41, 5.74) is 17.4. The molecule has 0 amide bonds. The molecule has 0 radical (unpaired) electrons. The lowest BCUT2D eigenvalue weighted by atomic mass is 10.1. The Morgan fingerprint density at radius 3 is 2.46 bits per heavy atom. The molecule has 4 aromatic rings. The number of anilines is 2. The number of hydrogen-bond donors (Lipinski definition) is 2. The standard InChI is InChI=1S/C20H16ClN5/c21-13-6-7-15(22)14(11-13)16-8-9-17-19(24-16)18(26-20(23)25-17)10-12-4-2-1-3-5-12/h1-9,11H,10,22H2,(H2,23,25,26). The molecule has 0 spiro atoms. The first-order chi connectivity index (χ1) is 12.6. The van der Waals surface area contributed by atoms with Crippen LogP contribution in [0.5, 0.6) is 0 Å². The molecule has 4 rings (SSSR count). The Bertz CT molecular complexity index is 1100. The molecule has 128 valence electrons. The highest BCUT2D eigenvalue weighted by Gasteiger charge is 2.12. The molecule has 0 unspecified atom stereocenters. The van der Waals surface area contributed by atoms with Crippen LogP contribution in [-0.2, 0) is 6.42 Å². The maximum Gasteiger partial charge on any atom is 0.220 e. The van der Waals surface area contributed by atoms with Crippen LogP contribution in [0.4, 0.5) is 11.6 Å². The predicted molar refractivity (Wildman–Crippen MR) is 106 cm³/mol. The third kappa shape index (κ3) is 3.17. The van der Waals surface area contributed by atoms with Crippen LogP contribution in [0.3, 0.4) is 0 Å². The van der Waals surface area contributed by atoms with E-state index < -0.39 is 0 Å². The number of benzene rings is 2. The minimum atomic E-state index is 0.236. The van der Waals surface area contributed by atoms with Gasteiger partial charge < -0.3 is 11.5 Å². The van der Waals surface area contributed by atoms with Crippen LogP contribution < -0.4 is 11.5 Å². The minimum Gasteiger partial charge on any atom is -0.398 e. The molecule has 2 aromatic carbocycles. The van der Waals surface area contributed by atoms with E-state index in [4.69, 9.17) is 28.1 Å². The van der Waals surface area contributed by atoms with Gasteiger partial charge in [0.1, 0.15) is 5.52 Å². The summed E-state index contributed by atoms with van der Waals surface area (Å²) in [5, 5.41) is 0.606. The first-order valence-electron chi connectivity index (χ1n) is 8.12. The van der Waals surface area contributed by atoms with Crippen molar-refractivity contribution in [3.8, 4) is 11.3 Å². The number of aromatic nitrogens is 3. The van der Waals surface area contributed by atoms with Crippen molar-refractivity contribution < 1.29 is 0 Å². The van der Waals surface area contributed by atoms with Crippen LogP contribution in [0, 0.1) is 0 Å². The molecule has 6 heteroatoms. The molecule has 0 aliphatic heterocycles. The number of nitrogens with zero attached hydrogens (tertiary/aromatic N) is 3. The Hall–Kier alpha value is -3.18. The molecule has 0 aliphatic rings. The molecule has 4 N–H and O–H groups in total. The van der Waals surface area contributed by atoms with Gasteiger partial charge in [-0.25, -0.2) is 15.0 Å². The topological polar surface area (TPSA) is 90.7 Å². The van der Waals surface area contributed by atoms with Crippen molar-refractivity contribution in [3.05, 3.63) is 76.9 Å². The number of hydrogen-bond acceptors (Lipinski definition) is 5. The van der Waals surface area contributed by atoms with Crippen LogP contribution in [0.1, 0.15) is 11.3 Å². The number of nitrogen functional groups attached to an aromatic ring is 2. The van der Waals surface area contributed by atoms with E-state index in [2.05, 4.69) is 9.97 Å². The van der Waals surface area contributed by atoms with Crippen LogP contribution in [-0.4, -0.2) is 15.0 Å². The summed E-state index contributed by atoms with van der Waals surface area (Å²) >= 11 is 6.12. The first kappa shape index (κ1) is 16.3. The minimum absolute atomic E-state index is 0.236. The molecule has 0 bridgehead atoms. The second kappa shape index (κ2) is 6.61. The molecule has 2 aromatic heterocycles. The van der Waals surface area contributed by atoms with Crippen molar-refractivity contribution in [3.63, 3.8) is 0 Å². The summed E-state index contributed by atoms with van der Waals surface area (Å²) in [4.78, 5) is 13.5. The van der Waals surface area contributed by atoms with E-state index in [1.54, 1.807) is 18.2 Å². The Kier molecular flexibility index (Phi) is 4.14. The lowest BCUT2D eigenvalue weighted by Gasteiger charge is -2.10. The third-order valence-electron chi connectivity index (χ3n) is 4.14. The summed E-state index contributed by atoms with van der Waals surface area (Å²) in [7, 11) is 0. The van der Waals surface area contributed by atoms with Crippen molar-refractivity contribution in [1.82, 2.24) is 15.0 Å². The highest BCUT2D eigenvalue weighted by molar-refractivity contribution is 6.31. The smallest absolute Gasteiger partial charge is 0.220 e. The number of rotatable bonds is 3. The summed E-state index contributed by atoms with van der Waals surface area (Å²) in [6.07, 6.45) is 0.617. The van der Waals surface area contributed by atoms with Crippen LogP contribution >= 0.6 is 11.6 Å². The average molecular weight is 362 g/mol. The Balaban J connectivity index is 1.88. The van der Waals surface area contributed by atoms with Gasteiger partial charge in [0, 0.05) is 22.7 Å². The zero-order chi connectivity index (χ0) is 18.1. The lowest BCUT2D eigenvalue weighted by molar-refractivity contribution is 1.06.